The molecular weight excluding hydrogens is 471 g/mol. The summed E-state index contributed by atoms with van der Waals surface area (Å²) in [6.07, 6.45) is 0.888. The van der Waals surface area contributed by atoms with Gasteiger partial charge in [0.05, 0.1) is 6.54 Å². The first-order valence-corrected chi connectivity index (χ1v) is 9.40. The highest BCUT2D eigenvalue weighted by Crippen LogP contribution is 2.19. The molecule has 2 heterocycles. The van der Waals surface area contributed by atoms with Crippen molar-refractivity contribution in [3.8, 4) is 0 Å². The molecule has 154 valence electrons. The number of halogens is 1. The Balaban J connectivity index is 0.00000280. The van der Waals surface area contributed by atoms with Crippen molar-refractivity contribution in [2.45, 2.75) is 39.0 Å². The van der Waals surface area contributed by atoms with Crippen LogP contribution in [0.1, 0.15) is 38.1 Å². The van der Waals surface area contributed by atoms with Crippen molar-refractivity contribution in [3.63, 3.8) is 0 Å². The molecule has 0 aliphatic carbocycles. The van der Waals surface area contributed by atoms with Crippen molar-refractivity contribution in [2.24, 2.45) is 4.99 Å². The highest BCUT2D eigenvalue weighted by molar-refractivity contribution is 14.0. The van der Waals surface area contributed by atoms with Crippen LogP contribution >= 0.6 is 24.0 Å². The van der Waals surface area contributed by atoms with Crippen molar-refractivity contribution in [2.75, 3.05) is 31.6 Å². The first-order valence-electron chi connectivity index (χ1n) is 9.40. The SMILES string of the molecule is CCOC(C)c1noc(CNC(=NC)NC2CCN(c3ccccc3)C2)n1.I. The standard InChI is InChI=1S/C19H28N6O2.HI/c1-4-26-14(2)18-23-17(27-24-18)12-21-19(20-3)22-15-10-11-25(13-15)16-8-6-5-7-9-16;/h5-9,14-15H,4,10-13H2,1-3H3,(H2,20,21,22);1H. The van der Waals surface area contributed by atoms with Crippen LogP contribution in [0, 0.1) is 0 Å². The highest BCUT2D eigenvalue weighted by atomic mass is 127. The molecule has 1 aliphatic rings. The van der Waals surface area contributed by atoms with Gasteiger partial charge in [-0.15, -0.1) is 24.0 Å². The minimum atomic E-state index is -0.174. The van der Waals surface area contributed by atoms with E-state index >= 15 is 0 Å². The number of nitrogens with one attached hydrogen (secondary N) is 2. The van der Waals surface area contributed by atoms with Crippen molar-refractivity contribution in [1.82, 2.24) is 20.8 Å². The van der Waals surface area contributed by atoms with Crippen LogP contribution in [-0.2, 0) is 11.3 Å². The predicted octanol–water partition coefficient (Wildman–Crippen LogP) is 2.73. The lowest BCUT2D eigenvalue weighted by Crippen LogP contribution is -2.44. The zero-order valence-electron chi connectivity index (χ0n) is 16.6. The van der Waals surface area contributed by atoms with E-state index in [0.29, 0.717) is 30.9 Å². The molecule has 0 bridgehead atoms. The third-order valence-corrected chi connectivity index (χ3v) is 4.55. The number of hydrogen-bond acceptors (Lipinski definition) is 6. The van der Waals surface area contributed by atoms with Gasteiger partial charge in [-0.05, 0) is 32.4 Å². The number of guanidine groups is 1. The average Bonchev–Trinajstić information content (AvgIpc) is 3.36. The normalized spacial score (nSPS) is 17.9. The largest absolute Gasteiger partial charge is 0.371 e. The summed E-state index contributed by atoms with van der Waals surface area (Å²) in [5.41, 5.74) is 1.26. The van der Waals surface area contributed by atoms with Gasteiger partial charge in [0.15, 0.2) is 11.8 Å². The van der Waals surface area contributed by atoms with E-state index in [1.54, 1.807) is 7.05 Å². The number of para-hydroxylation sites is 1. The maximum Gasteiger partial charge on any atom is 0.246 e. The second-order valence-corrected chi connectivity index (χ2v) is 6.48. The molecule has 1 aromatic carbocycles. The topological polar surface area (TPSA) is 87.8 Å². The molecule has 8 nitrogen and oxygen atoms in total. The molecule has 0 saturated carbocycles. The number of aromatic nitrogens is 2. The molecule has 0 radical (unpaired) electrons. The average molecular weight is 500 g/mol. The van der Waals surface area contributed by atoms with Crippen LogP contribution in [0.2, 0.25) is 0 Å². The lowest BCUT2D eigenvalue weighted by molar-refractivity contribution is 0.0683. The summed E-state index contributed by atoms with van der Waals surface area (Å²) in [7, 11) is 1.76. The van der Waals surface area contributed by atoms with Crippen molar-refractivity contribution in [3.05, 3.63) is 42.0 Å². The molecule has 28 heavy (non-hydrogen) atoms. The Morgan fingerprint density at radius 1 is 1.39 bits per heavy atom. The van der Waals surface area contributed by atoms with Crippen LogP contribution in [0.15, 0.2) is 39.8 Å². The number of benzene rings is 1. The van der Waals surface area contributed by atoms with E-state index in [0.717, 1.165) is 25.5 Å². The number of hydrogen-bond donors (Lipinski definition) is 2. The van der Waals surface area contributed by atoms with Gasteiger partial charge in [-0.3, -0.25) is 4.99 Å². The Labute approximate surface area is 183 Å². The molecule has 1 saturated heterocycles. The molecule has 2 N–H and O–H groups in total. The molecule has 1 fully saturated rings. The zero-order chi connectivity index (χ0) is 19.1. The Hall–Kier alpha value is -1.88. The summed E-state index contributed by atoms with van der Waals surface area (Å²) in [6, 6.07) is 10.8. The van der Waals surface area contributed by atoms with Crippen LogP contribution in [0.4, 0.5) is 5.69 Å². The third kappa shape index (κ3) is 6.06. The number of aliphatic imine (C=N–C) groups is 1. The molecule has 3 rings (SSSR count). The first-order chi connectivity index (χ1) is 13.2. The lowest BCUT2D eigenvalue weighted by atomic mass is 10.3. The van der Waals surface area contributed by atoms with Gasteiger partial charge in [-0.1, -0.05) is 23.4 Å². The van der Waals surface area contributed by atoms with Gasteiger partial charge >= 0.3 is 0 Å². The van der Waals surface area contributed by atoms with Crippen LogP contribution < -0.4 is 15.5 Å². The molecule has 1 aliphatic heterocycles. The van der Waals surface area contributed by atoms with Crippen molar-refractivity contribution < 1.29 is 9.26 Å². The van der Waals surface area contributed by atoms with Crippen LogP contribution in [0.5, 0.6) is 0 Å². The van der Waals surface area contributed by atoms with Gasteiger partial charge in [0.25, 0.3) is 0 Å². The number of anilines is 1. The monoisotopic (exact) mass is 500 g/mol. The molecule has 9 heteroatoms. The number of nitrogens with zero attached hydrogens (tertiary/aromatic N) is 4. The maximum atomic E-state index is 5.48. The Kier molecular flexibility index (Phi) is 8.97. The Morgan fingerprint density at radius 3 is 2.89 bits per heavy atom. The van der Waals surface area contributed by atoms with E-state index < -0.39 is 0 Å². The Morgan fingerprint density at radius 2 is 2.18 bits per heavy atom. The molecule has 0 spiro atoms. The fourth-order valence-electron chi connectivity index (χ4n) is 3.13. The number of rotatable bonds is 7. The lowest BCUT2D eigenvalue weighted by Gasteiger charge is -2.20. The predicted molar refractivity (Wildman–Crippen MR) is 120 cm³/mol. The van der Waals surface area contributed by atoms with E-state index in [1.807, 2.05) is 19.9 Å². The van der Waals surface area contributed by atoms with Gasteiger partial charge < -0.3 is 24.8 Å². The van der Waals surface area contributed by atoms with Gasteiger partial charge in [0.2, 0.25) is 5.89 Å². The van der Waals surface area contributed by atoms with Crippen LogP contribution in [-0.4, -0.2) is 48.9 Å². The summed E-state index contributed by atoms with van der Waals surface area (Å²) < 4.78 is 10.8. The number of ether oxygens (including phenoxy) is 1. The fourth-order valence-corrected chi connectivity index (χ4v) is 3.13. The first kappa shape index (κ1) is 22.4. The molecule has 2 aromatic rings. The van der Waals surface area contributed by atoms with Gasteiger partial charge in [-0.25, -0.2) is 0 Å². The minimum Gasteiger partial charge on any atom is -0.371 e. The highest BCUT2D eigenvalue weighted by Gasteiger charge is 2.23. The summed E-state index contributed by atoms with van der Waals surface area (Å²) in [5.74, 6) is 1.80. The second-order valence-electron chi connectivity index (χ2n) is 6.48. The van der Waals surface area contributed by atoms with E-state index in [-0.39, 0.29) is 30.1 Å². The molecule has 2 atom stereocenters. The van der Waals surface area contributed by atoms with Gasteiger partial charge in [-0.2, -0.15) is 4.98 Å². The molecule has 2 unspecified atom stereocenters. The van der Waals surface area contributed by atoms with Crippen LogP contribution in [0.25, 0.3) is 0 Å². The second kappa shape index (κ2) is 11.2. The van der Waals surface area contributed by atoms with E-state index in [9.17, 15) is 0 Å². The minimum absolute atomic E-state index is 0. The van der Waals surface area contributed by atoms with Gasteiger partial charge in [0, 0.05) is 38.5 Å². The molecular formula is C19H29IN6O2. The van der Waals surface area contributed by atoms with Crippen molar-refractivity contribution >= 4 is 35.6 Å². The van der Waals surface area contributed by atoms with E-state index in [2.05, 4.69) is 54.9 Å². The summed E-state index contributed by atoms with van der Waals surface area (Å²) in [4.78, 5) is 11.0. The van der Waals surface area contributed by atoms with Crippen molar-refractivity contribution in [1.29, 1.82) is 0 Å². The molecule has 0 amide bonds. The summed E-state index contributed by atoms with van der Waals surface area (Å²) in [5, 5.41) is 10.7. The van der Waals surface area contributed by atoms with E-state index in [4.69, 9.17) is 9.26 Å². The Bertz CT molecular complexity index is 739. The van der Waals surface area contributed by atoms with Crippen LogP contribution in [0.3, 0.4) is 0 Å². The quantitative estimate of drug-likeness (QED) is 0.344. The molecule has 1 aromatic heterocycles. The van der Waals surface area contributed by atoms with Gasteiger partial charge in [0.1, 0.15) is 6.10 Å². The smallest absolute Gasteiger partial charge is 0.246 e. The summed E-state index contributed by atoms with van der Waals surface area (Å²) >= 11 is 0. The van der Waals surface area contributed by atoms with E-state index in [1.165, 1.54) is 5.69 Å². The maximum absolute atomic E-state index is 5.48. The fraction of sp³-hybridized carbons (Fsp3) is 0.526. The third-order valence-electron chi connectivity index (χ3n) is 4.55. The summed E-state index contributed by atoms with van der Waals surface area (Å²) in [6.45, 7) is 6.85. The zero-order valence-corrected chi connectivity index (χ0v) is 18.9.